The van der Waals surface area contributed by atoms with E-state index >= 15 is 0 Å². The molecule has 26 heavy (non-hydrogen) atoms. The fraction of sp³-hybridized carbons (Fsp3) is 0.263. The zero-order valence-electron chi connectivity index (χ0n) is 14.2. The van der Waals surface area contributed by atoms with Crippen LogP contribution in [0.15, 0.2) is 42.5 Å². The standard InChI is InChI=1S/C19H19NO6/c1-25-15-10-14-13(7-8-20(19(23)24)17(14)18(21)22)9-16(15)26-11-12-5-3-2-4-6-12/h2-6,9-10,17H,7-8,11H2,1H3,(H,21,22)(H,23,24). The number of ether oxygens (including phenoxy) is 2. The van der Waals surface area contributed by atoms with Gasteiger partial charge in [-0.15, -0.1) is 0 Å². The number of carboxylic acid groups (broad SMARTS) is 2. The van der Waals surface area contributed by atoms with Gasteiger partial charge in [-0.25, -0.2) is 9.59 Å². The van der Waals surface area contributed by atoms with Gasteiger partial charge in [-0.2, -0.15) is 0 Å². The average molecular weight is 357 g/mol. The fourth-order valence-corrected chi connectivity index (χ4v) is 3.11. The maximum atomic E-state index is 11.7. The Morgan fingerprint density at radius 3 is 2.50 bits per heavy atom. The number of aliphatic carboxylic acids is 1. The minimum Gasteiger partial charge on any atom is -0.493 e. The maximum absolute atomic E-state index is 11.7. The third kappa shape index (κ3) is 3.42. The zero-order valence-corrected chi connectivity index (χ0v) is 14.2. The van der Waals surface area contributed by atoms with Gasteiger partial charge in [0.1, 0.15) is 6.61 Å². The molecule has 3 rings (SSSR count). The van der Waals surface area contributed by atoms with Gasteiger partial charge in [0.15, 0.2) is 17.5 Å². The van der Waals surface area contributed by atoms with E-state index in [9.17, 15) is 19.8 Å². The van der Waals surface area contributed by atoms with Crippen molar-refractivity contribution in [3.05, 3.63) is 59.2 Å². The second-order valence-electron chi connectivity index (χ2n) is 5.94. The molecule has 0 saturated heterocycles. The number of amides is 1. The summed E-state index contributed by atoms with van der Waals surface area (Å²) in [4.78, 5) is 23.9. The van der Waals surface area contributed by atoms with Crippen molar-refractivity contribution in [1.29, 1.82) is 0 Å². The lowest BCUT2D eigenvalue weighted by molar-refractivity contribution is -0.143. The van der Waals surface area contributed by atoms with Crippen LogP contribution in [0.2, 0.25) is 0 Å². The summed E-state index contributed by atoms with van der Waals surface area (Å²) in [5, 5.41) is 18.8. The minimum absolute atomic E-state index is 0.115. The van der Waals surface area contributed by atoms with Crippen LogP contribution in [0.5, 0.6) is 11.5 Å². The molecule has 0 radical (unpaired) electrons. The first-order chi connectivity index (χ1) is 12.5. The van der Waals surface area contributed by atoms with E-state index in [1.807, 2.05) is 30.3 Å². The van der Waals surface area contributed by atoms with Crippen LogP contribution in [0, 0.1) is 0 Å². The Kier molecular flexibility index (Phi) is 4.97. The van der Waals surface area contributed by atoms with E-state index < -0.39 is 18.1 Å². The van der Waals surface area contributed by atoms with Gasteiger partial charge < -0.3 is 19.7 Å². The van der Waals surface area contributed by atoms with Gasteiger partial charge in [0, 0.05) is 6.54 Å². The molecule has 0 spiro atoms. The number of fused-ring (bicyclic) bond motifs is 1. The SMILES string of the molecule is COc1cc2c(cc1OCc1ccccc1)CCN(C(=O)O)C2C(=O)O. The van der Waals surface area contributed by atoms with Crippen molar-refractivity contribution in [2.45, 2.75) is 19.1 Å². The molecule has 1 unspecified atom stereocenters. The second-order valence-corrected chi connectivity index (χ2v) is 5.94. The lowest BCUT2D eigenvalue weighted by atomic mass is 9.92. The molecule has 0 bridgehead atoms. The summed E-state index contributed by atoms with van der Waals surface area (Å²) in [5.74, 6) is -0.338. The summed E-state index contributed by atoms with van der Waals surface area (Å²) in [6.07, 6.45) is -0.844. The number of methoxy groups -OCH3 is 1. The molecule has 136 valence electrons. The first-order valence-corrected chi connectivity index (χ1v) is 8.11. The normalized spacial score (nSPS) is 15.9. The lowest BCUT2D eigenvalue weighted by Gasteiger charge is -2.33. The quantitative estimate of drug-likeness (QED) is 0.854. The molecular weight excluding hydrogens is 338 g/mol. The molecule has 7 nitrogen and oxygen atoms in total. The van der Waals surface area contributed by atoms with Crippen LogP contribution >= 0.6 is 0 Å². The Morgan fingerprint density at radius 2 is 1.88 bits per heavy atom. The molecule has 2 N–H and O–H groups in total. The van der Waals surface area contributed by atoms with E-state index in [1.54, 1.807) is 12.1 Å². The molecule has 2 aromatic carbocycles. The van der Waals surface area contributed by atoms with Crippen molar-refractivity contribution in [1.82, 2.24) is 4.90 Å². The lowest BCUT2D eigenvalue weighted by Crippen LogP contribution is -2.42. The van der Waals surface area contributed by atoms with Crippen LogP contribution in [0.3, 0.4) is 0 Å². The number of hydrogen-bond acceptors (Lipinski definition) is 4. The van der Waals surface area contributed by atoms with Gasteiger partial charge in [-0.1, -0.05) is 30.3 Å². The third-order valence-electron chi connectivity index (χ3n) is 4.37. The van der Waals surface area contributed by atoms with Gasteiger partial charge in [0.2, 0.25) is 0 Å². The molecule has 1 aliphatic heterocycles. The van der Waals surface area contributed by atoms with Crippen LogP contribution in [0.4, 0.5) is 4.79 Å². The Bertz CT molecular complexity index is 820. The Labute approximate surface area is 150 Å². The average Bonchev–Trinajstić information content (AvgIpc) is 2.65. The molecule has 0 fully saturated rings. The number of nitrogens with zero attached hydrogens (tertiary/aromatic N) is 1. The topological polar surface area (TPSA) is 96.3 Å². The molecule has 1 heterocycles. The summed E-state index contributed by atoms with van der Waals surface area (Å²) < 4.78 is 11.2. The van der Waals surface area contributed by atoms with Crippen molar-refractivity contribution in [3.63, 3.8) is 0 Å². The van der Waals surface area contributed by atoms with Crippen molar-refractivity contribution in [2.75, 3.05) is 13.7 Å². The number of carboxylic acids is 1. The van der Waals surface area contributed by atoms with Crippen molar-refractivity contribution < 1.29 is 29.3 Å². The van der Waals surface area contributed by atoms with Crippen molar-refractivity contribution in [2.24, 2.45) is 0 Å². The molecule has 0 aliphatic carbocycles. The van der Waals surface area contributed by atoms with Crippen LogP contribution in [-0.4, -0.2) is 40.8 Å². The summed E-state index contributed by atoms with van der Waals surface area (Å²) in [6, 6.07) is 11.7. The first-order valence-electron chi connectivity index (χ1n) is 8.11. The molecule has 0 aromatic heterocycles. The maximum Gasteiger partial charge on any atom is 0.408 e. The van der Waals surface area contributed by atoms with E-state index in [1.165, 1.54) is 7.11 Å². The van der Waals surface area contributed by atoms with E-state index in [0.717, 1.165) is 16.0 Å². The predicted molar refractivity (Wildman–Crippen MR) is 92.6 cm³/mol. The minimum atomic E-state index is -1.26. The zero-order chi connectivity index (χ0) is 18.7. The van der Waals surface area contributed by atoms with Gasteiger partial charge in [-0.05, 0) is 35.2 Å². The van der Waals surface area contributed by atoms with Crippen molar-refractivity contribution in [3.8, 4) is 11.5 Å². The first kappa shape index (κ1) is 17.6. The highest BCUT2D eigenvalue weighted by atomic mass is 16.5. The summed E-state index contributed by atoms with van der Waals surface area (Å²) in [6.45, 7) is 0.462. The van der Waals surface area contributed by atoms with Crippen LogP contribution < -0.4 is 9.47 Å². The number of hydrogen-bond donors (Lipinski definition) is 2. The fourth-order valence-electron chi connectivity index (χ4n) is 3.11. The second kappa shape index (κ2) is 7.35. The monoisotopic (exact) mass is 357 g/mol. The Hall–Kier alpha value is -3.22. The van der Waals surface area contributed by atoms with Crippen LogP contribution in [-0.2, 0) is 17.8 Å². The molecule has 7 heteroatoms. The molecule has 1 atom stereocenters. The molecule has 1 amide bonds. The van der Waals surface area contributed by atoms with Gasteiger partial charge in [-0.3, -0.25) is 4.90 Å². The van der Waals surface area contributed by atoms with E-state index in [0.29, 0.717) is 30.1 Å². The van der Waals surface area contributed by atoms with E-state index in [2.05, 4.69) is 0 Å². The van der Waals surface area contributed by atoms with Gasteiger partial charge in [0.25, 0.3) is 0 Å². The Balaban J connectivity index is 1.93. The molecule has 2 aromatic rings. The highest BCUT2D eigenvalue weighted by Crippen LogP contribution is 2.38. The van der Waals surface area contributed by atoms with E-state index in [-0.39, 0.29) is 6.54 Å². The smallest absolute Gasteiger partial charge is 0.408 e. The summed E-state index contributed by atoms with van der Waals surface area (Å²) in [7, 11) is 1.46. The van der Waals surface area contributed by atoms with Gasteiger partial charge >= 0.3 is 12.1 Å². The van der Waals surface area contributed by atoms with Crippen molar-refractivity contribution >= 4 is 12.1 Å². The largest absolute Gasteiger partial charge is 0.493 e. The molecule has 0 saturated carbocycles. The highest BCUT2D eigenvalue weighted by molar-refractivity contribution is 5.82. The van der Waals surface area contributed by atoms with Crippen LogP contribution in [0.1, 0.15) is 22.7 Å². The highest BCUT2D eigenvalue weighted by Gasteiger charge is 2.37. The third-order valence-corrected chi connectivity index (χ3v) is 4.37. The Morgan fingerprint density at radius 1 is 1.15 bits per heavy atom. The number of carbonyl (C=O) groups is 2. The molecular formula is C19H19NO6. The number of rotatable bonds is 5. The predicted octanol–water partition coefficient (Wildman–Crippen LogP) is 2.94. The summed E-state index contributed by atoms with van der Waals surface area (Å²) in [5.41, 5.74) is 2.15. The van der Waals surface area contributed by atoms with Crippen LogP contribution in [0.25, 0.3) is 0 Å². The molecule has 1 aliphatic rings. The van der Waals surface area contributed by atoms with Gasteiger partial charge in [0.05, 0.1) is 7.11 Å². The number of benzene rings is 2. The van der Waals surface area contributed by atoms with E-state index in [4.69, 9.17) is 9.47 Å². The summed E-state index contributed by atoms with van der Waals surface area (Å²) >= 11 is 0.